The molecule has 7 nitrogen and oxygen atoms in total. The number of rotatable bonds is 6. The van der Waals surface area contributed by atoms with E-state index in [4.69, 9.17) is 15.2 Å². The Morgan fingerprint density at radius 2 is 2.04 bits per heavy atom. The number of morpholine rings is 1. The Morgan fingerprint density at radius 1 is 1.23 bits per heavy atom. The predicted octanol–water partition coefficient (Wildman–Crippen LogP) is 1.92. The Bertz CT molecular complexity index is 735. The molecule has 1 aliphatic carbocycles. The zero-order chi connectivity index (χ0) is 17.9. The number of ether oxygens (including phenoxy) is 2. The predicted molar refractivity (Wildman–Crippen MR) is 99.5 cm³/mol. The Balaban J connectivity index is 1.42. The van der Waals surface area contributed by atoms with E-state index in [0.717, 1.165) is 63.1 Å². The molecule has 2 aromatic rings. The molecule has 0 unspecified atom stereocenters. The van der Waals surface area contributed by atoms with Crippen LogP contribution in [-0.4, -0.2) is 47.1 Å². The summed E-state index contributed by atoms with van der Waals surface area (Å²) in [7, 11) is 0. The molecule has 0 atom stereocenters. The maximum Gasteiger partial charge on any atom is 0.171 e. The van der Waals surface area contributed by atoms with Crippen LogP contribution >= 0.6 is 0 Å². The smallest absolute Gasteiger partial charge is 0.171 e. The monoisotopic (exact) mass is 357 g/mol. The largest absolute Gasteiger partial charge is 0.486 e. The molecule has 4 rings (SSSR count). The van der Waals surface area contributed by atoms with Crippen LogP contribution in [0.4, 0.5) is 5.69 Å². The molecule has 2 aliphatic rings. The topological polar surface area (TPSA) is 78.4 Å². The van der Waals surface area contributed by atoms with E-state index in [-0.39, 0.29) is 0 Å². The fraction of sp³-hybridized carbons (Fsp3) is 0.579. The first-order chi connectivity index (χ1) is 12.7. The first-order valence-electron chi connectivity index (χ1n) is 9.47. The Kier molecular flexibility index (Phi) is 5.08. The second-order valence-electron chi connectivity index (χ2n) is 7.03. The van der Waals surface area contributed by atoms with E-state index >= 15 is 0 Å². The molecule has 1 saturated heterocycles. The summed E-state index contributed by atoms with van der Waals surface area (Å²) in [6, 6.07) is 8.53. The number of nitrogens with two attached hydrogens (primary N) is 1. The molecule has 1 saturated carbocycles. The zero-order valence-corrected chi connectivity index (χ0v) is 15.3. The highest BCUT2D eigenvalue weighted by atomic mass is 16.5. The standard InChI is InChI=1S/C19H27N5O2/c1-2-24-18(21-22-19(24)14-10-15(20)11-14)13-26-17-5-3-4-16(12-17)23-6-8-25-9-7-23/h3-5,12,14-15H,2,6-11,13,20H2,1H3. The van der Waals surface area contributed by atoms with Crippen LogP contribution in [0.25, 0.3) is 0 Å². The first kappa shape index (κ1) is 17.3. The van der Waals surface area contributed by atoms with Crippen molar-refractivity contribution in [2.45, 2.75) is 44.9 Å². The van der Waals surface area contributed by atoms with Crippen molar-refractivity contribution in [3.63, 3.8) is 0 Å². The minimum absolute atomic E-state index is 0.310. The van der Waals surface area contributed by atoms with Gasteiger partial charge in [-0.3, -0.25) is 0 Å². The summed E-state index contributed by atoms with van der Waals surface area (Å²) in [4.78, 5) is 2.32. The summed E-state index contributed by atoms with van der Waals surface area (Å²) in [6.45, 7) is 6.78. The average Bonchev–Trinajstić information content (AvgIpc) is 3.07. The molecule has 7 heteroatoms. The number of hydrogen-bond acceptors (Lipinski definition) is 6. The molecule has 140 valence electrons. The summed E-state index contributed by atoms with van der Waals surface area (Å²) < 4.78 is 13.6. The maximum atomic E-state index is 6.03. The maximum absolute atomic E-state index is 6.03. The fourth-order valence-electron chi connectivity index (χ4n) is 3.71. The van der Waals surface area contributed by atoms with Gasteiger partial charge in [0.25, 0.3) is 0 Å². The Hall–Kier alpha value is -2.12. The average molecular weight is 357 g/mol. The van der Waals surface area contributed by atoms with Gasteiger partial charge in [0.2, 0.25) is 0 Å². The van der Waals surface area contributed by atoms with Gasteiger partial charge in [-0.1, -0.05) is 6.07 Å². The van der Waals surface area contributed by atoms with Gasteiger partial charge in [0.05, 0.1) is 13.2 Å². The molecule has 1 aliphatic heterocycles. The molecular formula is C19H27N5O2. The lowest BCUT2D eigenvalue weighted by atomic mass is 9.80. The summed E-state index contributed by atoms with van der Waals surface area (Å²) in [5.41, 5.74) is 7.09. The first-order valence-corrected chi connectivity index (χ1v) is 9.47. The minimum Gasteiger partial charge on any atom is -0.486 e. The Labute approximate surface area is 154 Å². The number of anilines is 1. The van der Waals surface area contributed by atoms with Crippen LogP contribution in [0.5, 0.6) is 5.75 Å². The second kappa shape index (κ2) is 7.63. The van der Waals surface area contributed by atoms with E-state index in [1.54, 1.807) is 0 Å². The number of hydrogen-bond donors (Lipinski definition) is 1. The minimum atomic E-state index is 0.310. The van der Waals surface area contributed by atoms with Crippen LogP contribution in [0.3, 0.4) is 0 Å². The van der Waals surface area contributed by atoms with Gasteiger partial charge in [-0.05, 0) is 31.9 Å². The summed E-state index contributed by atoms with van der Waals surface area (Å²) in [5, 5.41) is 8.76. The van der Waals surface area contributed by atoms with Gasteiger partial charge in [0.1, 0.15) is 18.2 Å². The van der Waals surface area contributed by atoms with Gasteiger partial charge in [-0.25, -0.2) is 0 Å². The van der Waals surface area contributed by atoms with Crippen molar-refractivity contribution in [1.82, 2.24) is 14.8 Å². The van der Waals surface area contributed by atoms with Gasteiger partial charge in [0.15, 0.2) is 5.82 Å². The van der Waals surface area contributed by atoms with Crippen LogP contribution < -0.4 is 15.4 Å². The summed E-state index contributed by atoms with van der Waals surface area (Å²) in [6.07, 6.45) is 2.00. The van der Waals surface area contributed by atoms with Gasteiger partial charge in [0, 0.05) is 43.3 Å². The van der Waals surface area contributed by atoms with Crippen LogP contribution in [0.1, 0.15) is 37.3 Å². The van der Waals surface area contributed by atoms with E-state index in [0.29, 0.717) is 18.6 Å². The van der Waals surface area contributed by atoms with E-state index in [9.17, 15) is 0 Å². The summed E-state index contributed by atoms with van der Waals surface area (Å²) >= 11 is 0. The Morgan fingerprint density at radius 3 is 2.77 bits per heavy atom. The van der Waals surface area contributed by atoms with Gasteiger partial charge < -0.3 is 24.7 Å². The van der Waals surface area contributed by atoms with Crippen LogP contribution in [0.2, 0.25) is 0 Å². The quantitative estimate of drug-likeness (QED) is 0.851. The highest BCUT2D eigenvalue weighted by Crippen LogP contribution is 2.35. The van der Waals surface area contributed by atoms with Crippen molar-refractivity contribution in [3.8, 4) is 5.75 Å². The molecule has 2 N–H and O–H groups in total. The number of benzene rings is 1. The van der Waals surface area contributed by atoms with Crippen LogP contribution in [0.15, 0.2) is 24.3 Å². The lowest BCUT2D eigenvalue weighted by Gasteiger charge is -2.31. The van der Waals surface area contributed by atoms with Crippen LogP contribution in [-0.2, 0) is 17.9 Å². The third kappa shape index (κ3) is 3.54. The lowest BCUT2D eigenvalue weighted by Crippen LogP contribution is -2.36. The van der Waals surface area contributed by atoms with E-state index in [1.807, 2.05) is 12.1 Å². The van der Waals surface area contributed by atoms with Gasteiger partial charge >= 0.3 is 0 Å². The molecular weight excluding hydrogens is 330 g/mol. The van der Waals surface area contributed by atoms with Crippen molar-refractivity contribution in [2.24, 2.45) is 5.73 Å². The van der Waals surface area contributed by atoms with Crippen molar-refractivity contribution in [2.75, 3.05) is 31.2 Å². The third-order valence-electron chi connectivity index (χ3n) is 5.27. The fourth-order valence-corrected chi connectivity index (χ4v) is 3.71. The number of aromatic nitrogens is 3. The molecule has 0 radical (unpaired) electrons. The normalized spacial score (nSPS) is 22.9. The second-order valence-corrected chi connectivity index (χ2v) is 7.03. The molecule has 0 amide bonds. The van der Waals surface area contributed by atoms with Crippen molar-refractivity contribution < 1.29 is 9.47 Å². The van der Waals surface area contributed by atoms with Crippen LogP contribution in [0, 0.1) is 0 Å². The third-order valence-corrected chi connectivity index (χ3v) is 5.27. The highest BCUT2D eigenvalue weighted by molar-refractivity contribution is 5.51. The molecule has 1 aromatic carbocycles. The molecule has 26 heavy (non-hydrogen) atoms. The molecule has 1 aromatic heterocycles. The van der Waals surface area contributed by atoms with Gasteiger partial charge in [-0.15, -0.1) is 10.2 Å². The highest BCUT2D eigenvalue weighted by Gasteiger charge is 2.32. The van der Waals surface area contributed by atoms with Gasteiger partial charge in [-0.2, -0.15) is 0 Å². The molecule has 2 heterocycles. The SMILES string of the molecule is CCn1c(COc2cccc(N3CCOCC3)c2)nnc1C1CC(N)C1. The van der Waals surface area contributed by atoms with Crippen molar-refractivity contribution >= 4 is 5.69 Å². The van der Waals surface area contributed by atoms with Crippen molar-refractivity contribution in [3.05, 3.63) is 35.9 Å². The van der Waals surface area contributed by atoms with E-state index < -0.39 is 0 Å². The zero-order valence-electron chi connectivity index (χ0n) is 15.3. The molecule has 0 spiro atoms. The van der Waals surface area contributed by atoms with E-state index in [2.05, 4.69) is 38.7 Å². The lowest BCUT2D eigenvalue weighted by molar-refractivity contribution is 0.122. The molecule has 2 fully saturated rings. The van der Waals surface area contributed by atoms with E-state index in [1.165, 1.54) is 5.69 Å². The number of nitrogens with zero attached hydrogens (tertiary/aromatic N) is 4. The van der Waals surface area contributed by atoms with Crippen molar-refractivity contribution in [1.29, 1.82) is 0 Å². The molecule has 0 bridgehead atoms. The summed E-state index contributed by atoms with van der Waals surface area (Å²) in [5.74, 6) is 3.22.